The maximum Gasteiger partial charge on any atom is 0.222 e. The summed E-state index contributed by atoms with van der Waals surface area (Å²) in [6, 6.07) is 11.2. The molecule has 0 saturated carbocycles. The van der Waals surface area contributed by atoms with Gasteiger partial charge in [0, 0.05) is 25.6 Å². The van der Waals surface area contributed by atoms with E-state index in [-0.39, 0.29) is 0 Å². The van der Waals surface area contributed by atoms with Crippen LogP contribution in [0.25, 0.3) is 0 Å². The molecule has 3 heteroatoms. The first-order valence-corrected chi connectivity index (χ1v) is 8.65. The molecule has 0 N–H and O–H groups in total. The van der Waals surface area contributed by atoms with Crippen LogP contribution in [0.2, 0.25) is 0 Å². The summed E-state index contributed by atoms with van der Waals surface area (Å²) in [4.78, 5) is 16.7. The molecular formula is C19H30N2O. The van der Waals surface area contributed by atoms with Gasteiger partial charge in [-0.05, 0) is 58.2 Å². The van der Waals surface area contributed by atoms with Gasteiger partial charge in [0.2, 0.25) is 5.91 Å². The fraction of sp³-hybridized carbons (Fsp3) is 0.632. The van der Waals surface area contributed by atoms with Crippen LogP contribution in [-0.4, -0.2) is 48.9 Å². The Kier molecular flexibility index (Phi) is 6.91. The van der Waals surface area contributed by atoms with Gasteiger partial charge in [-0.2, -0.15) is 0 Å². The van der Waals surface area contributed by atoms with Crippen molar-refractivity contribution in [1.29, 1.82) is 0 Å². The number of amides is 1. The third kappa shape index (κ3) is 5.45. The predicted molar refractivity (Wildman–Crippen MR) is 91.9 cm³/mol. The first-order chi connectivity index (χ1) is 10.7. The van der Waals surface area contributed by atoms with Crippen molar-refractivity contribution in [2.75, 3.05) is 27.2 Å². The van der Waals surface area contributed by atoms with E-state index in [4.69, 9.17) is 0 Å². The largest absolute Gasteiger partial charge is 0.343 e. The van der Waals surface area contributed by atoms with Gasteiger partial charge in [0.25, 0.3) is 0 Å². The number of hydrogen-bond donors (Lipinski definition) is 0. The zero-order valence-electron chi connectivity index (χ0n) is 14.1. The highest BCUT2D eigenvalue weighted by molar-refractivity contribution is 5.76. The van der Waals surface area contributed by atoms with Crippen molar-refractivity contribution < 1.29 is 4.79 Å². The Morgan fingerprint density at radius 3 is 2.64 bits per heavy atom. The van der Waals surface area contributed by atoms with Gasteiger partial charge in [0.15, 0.2) is 0 Å². The summed E-state index contributed by atoms with van der Waals surface area (Å²) in [5.74, 6) is 0.354. The number of aryl methyl sites for hydroxylation is 1. The first-order valence-electron chi connectivity index (χ1n) is 8.65. The lowest BCUT2D eigenvalue weighted by Gasteiger charge is -2.23. The number of nitrogens with zero attached hydrogens (tertiary/aromatic N) is 2. The highest BCUT2D eigenvalue weighted by atomic mass is 16.2. The monoisotopic (exact) mass is 302 g/mol. The molecule has 1 aliphatic heterocycles. The minimum atomic E-state index is 0.354. The number of rotatable bonds is 6. The third-order valence-corrected chi connectivity index (χ3v) is 4.73. The number of carbonyl (C=O) groups is 1. The summed E-state index contributed by atoms with van der Waals surface area (Å²) < 4.78 is 0. The van der Waals surface area contributed by atoms with E-state index in [1.807, 2.05) is 6.07 Å². The third-order valence-electron chi connectivity index (χ3n) is 4.73. The van der Waals surface area contributed by atoms with Crippen molar-refractivity contribution in [2.45, 2.75) is 51.0 Å². The van der Waals surface area contributed by atoms with Crippen molar-refractivity contribution in [1.82, 2.24) is 9.80 Å². The maximum absolute atomic E-state index is 12.4. The second-order valence-corrected chi connectivity index (χ2v) is 6.62. The average molecular weight is 302 g/mol. The van der Waals surface area contributed by atoms with Crippen molar-refractivity contribution in [3.05, 3.63) is 35.9 Å². The number of hydrogen-bond acceptors (Lipinski definition) is 2. The van der Waals surface area contributed by atoms with Crippen molar-refractivity contribution in [2.24, 2.45) is 0 Å². The lowest BCUT2D eigenvalue weighted by atomic mass is 10.1. The molecule has 0 aromatic heterocycles. The van der Waals surface area contributed by atoms with Crippen LogP contribution < -0.4 is 0 Å². The number of likely N-dealkylation sites (tertiary alicyclic amines) is 1. The number of unbranched alkanes of at least 4 members (excludes halogenated alkanes) is 1. The van der Waals surface area contributed by atoms with Gasteiger partial charge in [0.1, 0.15) is 0 Å². The molecule has 1 aliphatic rings. The van der Waals surface area contributed by atoms with Crippen molar-refractivity contribution in [3.63, 3.8) is 0 Å². The maximum atomic E-state index is 12.4. The second kappa shape index (κ2) is 8.94. The molecule has 1 atom stereocenters. The highest BCUT2D eigenvalue weighted by Crippen LogP contribution is 2.16. The Hall–Kier alpha value is -1.35. The Labute approximate surface area is 135 Å². The molecule has 3 nitrogen and oxygen atoms in total. The molecular weight excluding hydrogens is 272 g/mol. The molecule has 0 bridgehead atoms. The summed E-state index contributed by atoms with van der Waals surface area (Å²) in [5, 5.41) is 0. The van der Waals surface area contributed by atoms with Crippen LogP contribution >= 0.6 is 0 Å². The van der Waals surface area contributed by atoms with E-state index in [2.05, 4.69) is 48.2 Å². The van der Waals surface area contributed by atoms with Crippen LogP contribution in [-0.2, 0) is 11.2 Å². The van der Waals surface area contributed by atoms with Crippen LogP contribution in [0.4, 0.5) is 0 Å². The van der Waals surface area contributed by atoms with Gasteiger partial charge in [-0.3, -0.25) is 4.79 Å². The van der Waals surface area contributed by atoms with Gasteiger partial charge in [-0.15, -0.1) is 0 Å². The molecule has 1 unspecified atom stereocenters. The zero-order chi connectivity index (χ0) is 15.8. The highest BCUT2D eigenvalue weighted by Gasteiger charge is 2.21. The van der Waals surface area contributed by atoms with Gasteiger partial charge in [-0.1, -0.05) is 30.3 Å². The van der Waals surface area contributed by atoms with E-state index in [9.17, 15) is 4.79 Å². The lowest BCUT2D eigenvalue weighted by Crippen LogP contribution is -2.33. The van der Waals surface area contributed by atoms with E-state index in [1.54, 1.807) is 0 Å². The summed E-state index contributed by atoms with van der Waals surface area (Å²) >= 11 is 0. The van der Waals surface area contributed by atoms with Crippen molar-refractivity contribution in [3.8, 4) is 0 Å². The quantitative estimate of drug-likeness (QED) is 0.752. The van der Waals surface area contributed by atoms with E-state index in [0.717, 1.165) is 45.2 Å². The SMILES string of the molecule is CN(C)C1CCCN(C(=O)CCCCc2ccccc2)CC1. The Morgan fingerprint density at radius 1 is 1.14 bits per heavy atom. The molecule has 22 heavy (non-hydrogen) atoms. The topological polar surface area (TPSA) is 23.6 Å². The van der Waals surface area contributed by atoms with Gasteiger partial charge in [0.05, 0.1) is 0 Å². The second-order valence-electron chi connectivity index (χ2n) is 6.62. The molecule has 0 aliphatic carbocycles. The Balaban J connectivity index is 1.66. The van der Waals surface area contributed by atoms with E-state index >= 15 is 0 Å². The lowest BCUT2D eigenvalue weighted by molar-refractivity contribution is -0.131. The van der Waals surface area contributed by atoms with Crippen LogP contribution in [0, 0.1) is 0 Å². The van der Waals surface area contributed by atoms with Gasteiger partial charge < -0.3 is 9.80 Å². The van der Waals surface area contributed by atoms with E-state index in [0.29, 0.717) is 18.4 Å². The van der Waals surface area contributed by atoms with Crippen LogP contribution in [0.3, 0.4) is 0 Å². The summed E-state index contributed by atoms with van der Waals surface area (Å²) in [6.45, 7) is 1.88. The summed E-state index contributed by atoms with van der Waals surface area (Å²) in [5.41, 5.74) is 1.37. The molecule has 2 rings (SSSR count). The van der Waals surface area contributed by atoms with E-state index in [1.165, 1.54) is 12.0 Å². The Morgan fingerprint density at radius 2 is 1.91 bits per heavy atom. The normalized spacial score (nSPS) is 19.2. The molecule has 1 saturated heterocycles. The molecule has 1 amide bonds. The number of benzene rings is 1. The molecule has 0 spiro atoms. The Bertz CT molecular complexity index is 444. The molecule has 1 heterocycles. The van der Waals surface area contributed by atoms with E-state index < -0.39 is 0 Å². The van der Waals surface area contributed by atoms with Crippen LogP contribution in [0.5, 0.6) is 0 Å². The van der Waals surface area contributed by atoms with Crippen LogP contribution in [0.15, 0.2) is 30.3 Å². The van der Waals surface area contributed by atoms with Gasteiger partial charge in [-0.25, -0.2) is 0 Å². The minimum Gasteiger partial charge on any atom is -0.343 e. The summed E-state index contributed by atoms with van der Waals surface area (Å²) in [7, 11) is 4.29. The average Bonchev–Trinajstić information content (AvgIpc) is 2.78. The fourth-order valence-corrected chi connectivity index (χ4v) is 3.25. The molecule has 1 aromatic carbocycles. The summed E-state index contributed by atoms with van der Waals surface area (Å²) in [6.07, 6.45) is 7.35. The fourth-order valence-electron chi connectivity index (χ4n) is 3.25. The van der Waals surface area contributed by atoms with Gasteiger partial charge >= 0.3 is 0 Å². The molecule has 0 radical (unpaired) electrons. The minimum absolute atomic E-state index is 0.354. The van der Waals surface area contributed by atoms with Crippen LogP contribution in [0.1, 0.15) is 44.1 Å². The standard InChI is InChI=1S/C19H30N2O/c1-20(2)18-12-8-15-21(16-14-18)19(22)13-7-6-11-17-9-4-3-5-10-17/h3-5,9-10,18H,6-8,11-16H2,1-2H3. The first kappa shape index (κ1) is 17.0. The number of carbonyl (C=O) groups excluding carboxylic acids is 1. The van der Waals surface area contributed by atoms with Crippen molar-refractivity contribution >= 4 is 5.91 Å². The molecule has 1 aromatic rings. The predicted octanol–water partition coefficient (Wildman–Crippen LogP) is 3.34. The molecule has 1 fully saturated rings. The zero-order valence-corrected chi connectivity index (χ0v) is 14.1. The smallest absolute Gasteiger partial charge is 0.222 e. The molecule has 122 valence electrons.